The topological polar surface area (TPSA) is 61.1 Å². The number of benzene rings is 2. The molecule has 0 saturated carbocycles. The average Bonchev–Trinajstić information content (AvgIpc) is 2.74. The van der Waals surface area contributed by atoms with Gasteiger partial charge in [0.2, 0.25) is 0 Å². The Kier molecular flexibility index (Phi) is 5.45. The largest absolute Gasteiger partial charge is 0.497 e. The van der Waals surface area contributed by atoms with Gasteiger partial charge in [-0.15, -0.1) is 0 Å². The molecule has 2 heterocycles. The highest BCUT2D eigenvalue weighted by Gasteiger charge is 2.23. The molecule has 0 saturated heterocycles. The summed E-state index contributed by atoms with van der Waals surface area (Å²) in [4.78, 5) is 14.3. The summed E-state index contributed by atoms with van der Waals surface area (Å²) in [5, 5.41) is 0.984. The smallest absolute Gasteiger partial charge is 0.336 e. The van der Waals surface area contributed by atoms with Gasteiger partial charge in [-0.25, -0.2) is 4.79 Å². The summed E-state index contributed by atoms with van der Waals surface area (Å²) in [6.07, 6.45) is 1.81. The minimum Gasteiger partial charge on any atom is -0.497 e. The lowest BCUT2D eigenvalue weighted by Gasteiger charge is -2.29. The molecule has 3 aromatic rings. The van der Waals surface area contributed by atoms with E-state index in [9.17, 15) is 4.79 Å². The van der Waals surface area contributed by atoms with Crippen molar-refractivity contribution >= 4 is 11.0 Å². The molecule has 0 bridgehead atoms. The van der Waals surface area contributed by atoms with Crippen LogP contribution >= 0.6 is 0 Å². The fraction of sp³-hybridized carbons (Fsp3) is 0.348. The first-order valence-electron chi connectivity index (χ1n) is 9.77. The van der Waals surface area contributed by atoms with Crippen LogP contribution in [0.15, 0.2) is 45.6 Å². The van der Waals surface area contributed by atoms with E-state index in [-0.39, 0.29) is 5.63 Å². The fourth-order valence-corrected chi connectivity index (χ4v) is 3.85. The van der Waals surface area contributed by atoms with Crippen molar-refractivity contribution in [3.63, 3.8) is 0 Å². The van der Waals surface area contributed by atoms with Gasteiger partial charge in [0.15, 0.2) is 0 Å². The van der Waals surface area contributed by atoms with Gasteiger partial charge in [-0.2, -0.15) is 0 Å². The molecule has 152 valence electrons. The normalized spacial score (nSPS) is 13.8. The zero-order valence-electron chi connectivity index (χ0n) is 17.0. The van der Waals surface area contributed by atoms with Gasteiger partial charge >= 0.3 is 5.63 Å². The standard InChI is InChI=1S/C23H25NO5/c1-4-5-15-10-22(25)29-23-18(15)8-9-20-19(23)13-24(14-28-20)12-16-6-7-17(26-2)11-21(16)27-3/h6-11H,4-5,12-14H2,1-3H3. The van der Waals surface area contributed by atoms with Crippen LogP contribution in [0.5, 0.6) is 17.2 Å². The molecular weight excluding hydrogens is 370 g/mol. The van der Waals surface area contributed by atoms with Crippen molar-refractivity contribution in [3.05, 3.63) is 63.5 Å². The molecule has 2 aromatic carbocycles. The molecule has 0 amide bonds. The van der Waals surface area contributed by atoms with Crippen LogP contribution in [0.3, 0.4) is 0 Å². The third-order valence-corrected chi connectivity index (χ3v) is 5.25. The predicted octanol–water partition coefficient (Wildman–Crippen LogP) is 4.11. The minimum atomic E-state index is -0.316. The van der Waals surface area contributed by atoms with Gasteiger partial charge in [-0.3, -0.25) is 4.90 Å². The third-order valence-electron chi connectivity index (χ3n) is 5.25. The molecule has 0 atom stereocenters. The summed E-state index contributed by atoms with van der Waals surface area (Å²) in [5.41, 5.74) is 3.29. The molecule has 1 aliphatic heterocycles. The summed E-state index contributed by atoms with van der Waals surface area (Å²) in [6.45, 7) is 3.82. The molecule has 6 nitrogen and oxygen atoms in total. The maximum absolute atomic E-state index is 12.1. The maximum Gasteiger partial charge on any atom is 0.336 e. The van der Waals surface area contributed by atoms with Gasteiger partial charge in [-0.1, -0.05) is 19.4 Å². The lowest BCUT2D eigenvalue weighted by molar-refractivity contribution is 0.0882. The van der Waals surface area contributed by atoms with E-state index in [0.29, 0.717) is 25.4 Å². The molecular formula is C23H25NO5. The number of ether oxygens (including phenoxy) is 3. The number of rotatable bonds is 6. The van der Waals surface area contributed by atoms with Gasteiger partial charge in [0.1, 0.15) is 29.6 Å². The van der Waals surface area contributed by atoms with Gasteiger partial charge < -0.3 is 18.6 Å². The first-order chi connectivity index (χ1) is 14.1. The van der Waals surface area contributed by atoms with Crippen molar-refractivity contribution in [3.8, 4) is 17.2 Å². The molecule has 4 rings (SSSR count). The average molecular weight is 395 g/mol. The van der Waals surface area contributed by atoms with Crippen molar-refractivity contribution in [2.75, 3.05) is 21.0 Å². The van der Waals surface area contributed by atoms with E-state index >= 15 is 0 Å². The summed E-state index contributed by atoms with van der Waals surface area (Å²) in [6, 6.07) is 11.4. The molecule has 1 aromatic heterocycles. The third kappa shape index (κ3) is 3.80. The zero-order valence-corrected chi connectivity index (χ0v) is 17.0. The number of methoxy groups -OCH3 is 2. The zero-order chi connectivity index (χ0) is 20.4. The van der Waals surface area contributed by atoms with Crippen LogP contribution in [0.2, 0.25) is 0 Å². The molecule has 0 fully saturated rings. The molecule has 0 spiro atoms. The summed E-state index contributed by atoms with van der Waals surface area (Å²) < 4.78 is 22.4. The number of fused-ring (bicyclic) bond motifs is 3. The van der Waals surface area contributed by atoms with Crippen molar-refractivity contribution in [1.29, 1.82) is 0 Å². The van der Waals surface area contributed by atoms with E-state index in [2.05, 4.69) is 11.8 Å². The Morgan fingerprint density at radius 2 is 1.93 bits per heavy atom. The Labute approximate surface area is 169 Å². The predicted molar refractivity (Wildman–Crippen MR) is 111 cm³/mol. The fourth-order valence-electron chi connectivity index (χ4n) is 3.85. The van der Waals surface area contributed by atoms with Crippen LogP contribution in [0.1, 0.15) is 30.0 Å². The maximum atomic E-state index is 12.1. The van der Waals surface area contributed by atoms with Crippen molar-refractivity contribution < 1.29 is 18.6 Å². The minimum absolute atomic E-state index is 0.316. The second kappa shape index (κ2) is 8.17. The van der Waals surface area contributed by atoms with Crippen LogP contribution in [-0.4, -0.2) is 25.9 Å². The summed E-state index contributed by atoms with van der Waals surface area (Å²) in [7, 11) is 3.28. The lowest BCUT2D eigenvalue weighted by Crippen LogP contribution is -2.31. The monoisotopic (exact) mass is 395 g/mol. The Hall–Kier alpha value is -2.99. The van der Waals surface area contributed by atoms with E-state index in [1.807, 2.05) is 30.3 Å². The van der Waals surface area contributed by atoms with E-state index < -0.39 is 0 Å². The van der Waals surface area contributed by atoms with E-state index in [4.69, 9.17) is 18.6 Å². The lowest BCUT2D eigenvalue weighted by atomic mass is 10.0. The van der Waals surface area contributed by atoms with Crippen LogP contribution in [0.4, 0.5) is 0 Å². The van der Waals surface area contributed by atoms with Gasteiger partial charge in [-0.05, 0) is 30.2 Å². The van der Waals surface area contributed by atoms with E-state index in [1.165, 1.54) is 0 Å². The van der Waals surface area contributed by atoms with Crippen LogP contribution in [-0.2, 0) is 19.5 Å². The molecule has 0 unspecified atom stereocenters. The highest BCUT2D eigenvalue weighted by Crippen LogP contribution is 2.34. The van der Waals surface area contributed by atoms with Crippen LogP contribution < -0.4 is 19.8 Å². The molecule has 6 heteroatoms. The van der Waals surface area contributed by atoms with E-state index in [0.717, 1.165) is 52.2 Å². The molecule has 1 aliphatic rings. The molecule has 29 heavy (non-hydrogen) atoms. The number of hydrogen-bond acceptors (Lipinski definition) is 6. The van der Waals surface area contributed by atoms with Crippen LogP contribution in [0, 0.1) is 0 Å². The molecule has 0 aliphatic carbocycles. The second-order valence-electron chi connectivity index (χ2n) is 7.20. The van der Waals surface area contributed by atoms with Gasteiger partial charge in [0, 0.05) is 36.2 Å². The summed E-state index contributed by atoms with van der Waals surface area (Å²) >= 11 is 0. The first-order valence-corrected chi connectivity index (χ1v) is 9.77. The highest BCUT2D eigenvalue weighted by molar-refractivity contribution is 5.85. The Balaban J connectivity index is 1.67. The molecule has 0 radical (unpaired) electrons. The first kappa shape index (κ1) is 19.3. The van der Waals surface area contributed by atoms with Gasteiger partial charge in [0.05, 0.1) is 19.8 Å². The highest BCUT2D eigenvalue weighted by atomic mass is 16.5. The summed E-state index contributed by atoms with van der Waals surface area (Å²) in [5.74, 6) is 2.29. The van der Waals surface area contributed by atoms with Crippen molar-refractivity contribution in [2.24, 2.45) is 0 Å². The van der Waals surface area contributed by atoms with Gasteiger partial charge in [0.25, 0.3) is 0 Å². The molecule has 0 N–H and O–H groups in total. The van der Waals surface area contributed by atoms with Crippen molar-refractivity contribution in [2.45, 2.75) is 32.9 Å². The van der Waals surface area contributed by atoms with Crippen molar-refractivity contribution in [1.82, 2.24) is 4.90 Å². The Morgan fingerprint density at radius 1 is 1.07 bits per heavy atom. The quantitative estimate of drug-likeness (QED) is 0.585. The number of hydrogen-bond donors (Lipinski definition) is 0. The Bertz CT molecular complexity index is 1090. The van der Waals surface area contributed by atoms with E-state index in [1.54, 1.807) is 20.3 Å². The van der Waals surface area contributed by atoms with Crippen LogP contribution in [0.25, 0.3) is 11.0 Å². The number of aryl methyl sites for hydroxylation is 1. The SMILES string of the molecule is CCCc1cc(=O)oc2c3c(ccc12)OCN(Cc1ccc(OC)cc1OC)C3. The number of nitrogens with zero attached hydrogens (tertiary/aromatic N) is 1. The Morgan fingerprint density at radius 3 is 2.69 bits per heavy atom. The second-order valence-corrected chi connectivity index (χ2v) is 7.20.